The van der Waals surface area contributed by atoms with Gasteiger partial charge in [0.05, 0.1) is 12.2 Å². The molecule has 0 aromatic carbocycles. The molecule has 0 saturated heterocycles. The molecule has 1 N–H and O–H groups in total. The van der Waals surface area contributed by atoms with Gasteiger partial charge < -0.3 is 9.84 Å². The van der Waals surface area contributed by atoms with Crippen molar-refractivity contribution >= 4 is 0 Å². The van der Waals surface area contributed by atoms with Gasteiger partial charge >= 0.3 is 0 Å². The van der Waals surface area contributed by atoms with Crippen molar-refractivity contribution in [2.24, 2.45) is 0 Å². The van der Waals surface area contributed by atoms with Gasteiger partial charge in [-0.15, -0.1) is 0 Å². The van der Waals surface area contributed by atoms with Gasteiger partial charge in [-0.2, -0.15) is 0 Å². The molecule has 0 amide bonds. The molecule has 0 radical (unpaired) electrons. The number of hydrogen-bond acceptors (Lipinski definition) is 2. The van der Waals surface area contributed by atoms with Crippen molar-refractivity contribution in [2.45, 2.75) is 64.4 Å². The molecule has 0 aromatic rings. The lowest BCUT2D eigenvalue weighted by Gasteiger charge is -2.25. The van der Waals surface area contributed by atoms with Crippen LogP contribution in [0.25, 0.3) is 0 Å². The van der Waals surface area contributed by atoms with Crippen molar-refractivity contribution in [1.82, 2.24) is 0 Å². The van der Waals surface area contributed by atoms with Crippen LogP contribution in [0.5, 0.6) is 0 Å². The van der Waals surface area contributed by atoms with Gasteiger partial charge in [0.25, 0.3) is 0 Å². The van der Waals surface area contributed by atoms with E-state index in [2.05, 4.69) is 6.92 Å². The standard InChI is InChI=1S/C12H26O2/c1-4-6-7-8-9-10-12(13,5-2)11-14-3/h13H,4-11H2,1-3H3. The molecular formula is C12H26O2. The van der Waals surface area contributed by atoms with Crippen LogP contribution < -0.4 is 0 Å². The summed E-state index contributed by atoms with van der Waals surface area (Å²) >= 11 is 0. The minimum atomic E-state index is -0.582. The van der Waals surface area contributed by atoms with E-state index < -0.39 is 5.60 Å². The normalized spacial score (nSPS) is 15.4. The first-order valence-corrected chi connectivity index (χ1v) is 5.90. The summed E-state index contributed by atoms with van der Waals surface area (Å²) in [5.41, 5.74) is -0.582. The predicted octanol–water partition coefficient (Wildman–Crippen LogP) is 3.13. The number of hydrogen-bond donors (Lipinski definition) is 1. The first-order chi connectivity index (χ1) is 6.68. The van der Waals surface area contributed by atoms with Crippen molar-refractivity contribution in [1.29, 1.82) is 0 Å². The molecule has 0 aliphatic heterocycles. The fourth-order valence-corrected chi connectivity index (χ4v) is 1.68. The van der Waals surface area contributed by atoms with E-state index in [1.807, 2.05) is 6.92 Å². The zero-order valence-electron chi connectivity index (χ0n) is 10.0. The third-order valence-corrected chi connectivity index (χ3v) is 2.82. The Kier molecular flexibility index (Phi) is 8.20. The van der Waals surface area contributed by atoms with Crippen LogP contribution in [0.15, 0.2) is 0 Å². The van der Waals surface area contributed by atoms with E-state index >= 15 is 0 Å². The Balaban J connectivity index is 3.51. The van der Waals surface area contributed by atoms with Gasteiger partial charge in [-0.1, -0.05) is 46.0 Å². The van der Waals surface area contributed by atoms with Gasteiger partial charge in [-0.25, -0.2) is 0 Å². The number of unbranched alkanes of at least 4 members (excludes halogenated alkanes) is 4. The summed E-state index contributed by atoms with van der Waals surface area (Å²) in [6.07, 6.45) is 7.90. The summed E-state index contributed by atoms with van der Waals surface area (Å²) < 4.78 is 5.03. The quantitative estimate of drug-likeness (QED) is 0.582. The smallest absolute Gasteiger partial charge is 0.0877 e. The zero-order valence-corrected chi connectivity index (χ0v) is 10.0. The maximum absolute atomic E-state index is 10.1. The topological polar surface area (TPSA) is 29.5 Å². The zero-order chi connectivity index (χ0) is 10.9. The van der Waals surface area contributed by atoms with Crippen LogP contribution in [0, 0.1) is 0 Å². The van der Waals surface area contributed by atoms with E-state index in [0.717, 1.165) is 19.3 Å². The third-order valence-electron chi connectivity index (χ3n) is 2.82. The largest absolute Gasteiger partial charge is 0.387 e. The Morgan fingerprint density at radius 2 is 1.71 bits per heavy atom. The summed E-state index contributed by atoms with van der Waals surface area (Å²) in [5, 5.41) is 10.1. The van der Waals surface area contributed by atoms with Gasteiger partial charge in [0.2, 0.25) is 0 Å². The van der Waals surface area contributed by atoms with E-state index in [9.17, 15) is 5.11 Å². The van der Waals surface area contributed by atoms with Gasteiger partial charge in [0.15, 0.2) is 0 Å². The van der Waals surface area contributed by atoms with Crippen molar-refractivity contribution < 1.29 is 9.84 Å². The van der Waals surface area contributed by atoms with Crippen LogP contribution in [0.1, 0.15) is 58.8 Å². The van der Waals surface area contributed by atoms with Crippen LogP contribution >= 0.6 is 0 Å². The summed E-state index contributed by atoms with van der Waals surface area (Å²) in [6.45, 7) is 4.70. The molecule has 86 valence electrons. The molecular weight excluding hydrogens is 176 g/mol. The van der Waals surface area contributed by atoms with Crippen molar-refractivity contribution in [3.05, 3.63) is 0 Å². The first-order valence-electron chi connectivity index (χ1n) is 5.90. The number of methoxy groups -OCH3 is 1. The van der Waals surface area contributed by atoms with E-state index in [1.54, 1.807) is 7.11 Å². The molecule has 1 unspecified atom stereocenters. The first kappa shape index (κ1) is 13.9. The van der Waals surface area contributed by atoms with Gasteiger partial charge in [-0.05, 0) is 12.8 Å². The number of rotatable bonds is 9. The number of ether oxygens (including phenoxy) is 1. The Labute approximate surface area is 88.7 Å². The van der Waals surface area contributed by atoms with Gasteiger partial charge in [-0.3, -0.25) is 0 Å². The van der Waals surface area contributed by atoms with Crippen LogP contribution in [0.2, 0.25) is 0 Å². The van der Waals surface area contributed by atoms with E-state index in [4.69, 9.17) is 4.74 Å². The molecule has 0 heterocycles. The highest BCUT2D eigenvalue weighted by atomic mass is 16.5. The maximum atomic E-state index is 10.1. The second-order valence-corrected chi connectivity index (χ2v) is 4.18. The molecule has 0 fully saturated rings. The average molecular weight is 202 g/mol. The SMILES string of the molecule is CCCCCCCC(O)(CC)COC. The Bertz CT molecular complexity index is 125. The molecule has 0 aliphatic carbocycles. The fourth-order valence-electron chi connectivity index (χ4n) is 1.68. The Hall–Kier alpha value is -0.0800. The number of aliphatic hydroxyl groups is 1. The summed E-state index contributed by atoms with van der Waals surface area (Å²) in [5.74, 6) is 0. The lowest BCUT2D eigenvalue weighted by Crippen LogP contribution is -2.33. The minimum Gasteiger partial charge on any atom is -0.387 e. The molecule has 0 spiro atoms. The summed E-state index contributed by atoms with van der Waals surface area (Å²) in [6, 6.07) is 0. The second kappa shape index (κ2) is 8.25. The van der Waals surface area contributed by atoms with Gasteiger partial charge in [0.1, 0.15) is 0 Å². The van der Waals surface area contributed by atoms with Gasteiger partial charge in [0, 0.05) is 7.11 Å². The highest BCUT2D eigenvalue weighted by Gasteiger charge is 2.23. The molecule has 0 saturated carbocycles. The highest BCUT2D eigenvalue weighted by Crippen LogP contribution is 2.19. The van der Waals surface area contributed by atoms with Crippen LogP contribution in [0.3, 0.4) is 0 Å². The van der Waals surface area contributed by atoms with Crippen molar-refractivity contribution in [3.8, 4) is 0 Å². The molecule has 2 heteroatoms. The average Bonchev–Trinajstić information content (AvgIpc) is 2.18. The monoisotopic (exact) mass is 202 g/mol. The van der Waals surface area contributed by atoms with E-state index in [0.29, 0.717) is 6.61 Å². The molecule has 1 atom stereocenters. The van der Waals surface area contributed by atoms with E-state index in [1.165, 1.54) is 25.7 Å². The van der Waals surface area contributed by atoms with E-state index in [-0.39, 0.29) is 0 Å². The Morgan fingerprint density at radius 1 is 1.07 bits per heavy atom. The molecule has 14 heavy (non-hydrogen) atoms. The van der Waals surface area contributed by atoms with Crippen molar-refractivity contribution in [2.75, 3.05) is 13.7 Å². The molecule has 2 nitrogen and oxygen atoms in total. The summed E-state index contributed by atoms with van der Waals surface area (Å²) in [7, 11) is 1.65. The summed E-state index contributed by atoms with van der Waals surface area (Å²) in [4.78, 5) is 0. The van der Waals surface area contributed by atoms with Crippen LogP contribution in [-0.2, 0) is 4.74 Å². The fraction of sp³-hybridized carbons (Fsp3) is 1.00. The minimum absolute atomic E-state index is 0.470. The van der Waals surface area contributed by atoms with Crippen LogP contribution in [-0.4, -0.2) is 24.4 Å². The maximum Gasteiger partial charge on any atom is 0.0877 e. The molecule has 0 bridgehead atoms. The lowest BCUT2D eigenvalue weighted by atomic mass is 9.94. The highest BCUT2D eigenvalue weighted by molar-refractivity contribution is 4.75. The van der Waals surface area contributed by atoms with Crippen molar-refractivity contribution in [3.63, 3.8) is 0 Å². The second-order valence-electron chi connectivity index (χ2n) is 4.18. The predicted molar refractivity (Wildman–Crippen MR) is 60.5 cm³/mol. The molecule has 0 aromatic heterocycles. The molecule has 0 rings (SSSR count). The lowest BCUT2D eigenvalue weighted by molar-refractivity contribution is -0.0412. The Morgan fingerprint density at radius 3 is 2.21 bits per heavy atom. The molecule has 0 aliphatic rings. The third kappa shape index (κ3) is 6.39. The van der Waals surface area contributed by atoms with Crippen LogP contribution in [0.4, 0.5) is 0 Å².